The zero-order valence-corrected chi connectivity index (χ0v) is 25.9. The van der Waals surface area contributed by atoms with E-state index in [1.165, 1.54) is 11.3 Å². The van der Waals surface area contributed by atoms with Crippen molar-refractivity contribution in [1.29, 1.82) is 0 Å². The number of aromatic nitrogens is 2. The maximum absolute atomic E-state index is 13.7. The van der Waals surface area contributed by atoms with Crippen molar-refractivity contribution in [2.24, 2.45) is 0 Å². The van der Waals surface area contributed by atoms with Gasteiger partial charge in [0.1, 0.15) is 5.01 Å². The molecular weight excluding hydrogens is 546 g/mol. The molecule has 9 heteroatoms. The van der Waals surface area contributed by atoms with Gasteiger partial charge in [0.25, 0.3) is 11.8 Å². The summed E-state index contributed by atoms with van der Waals surface area (Å²) in [6.45, 7) is 8.59. The minimum atomic E-state index is -1.13. The van der Waals surface area contributed by atoms with Crippen LogP contribution in [0.2, 0.25) is 0 Å². The molecule has 0 aliphatic carbocycles. The average molecular weight is 586 g/mol. The van der Waals surface area contributed by atoms with Crippen LogP contribution in [-0.4, -0.2) is 58.5 Å². The third-order valence-corrected chi connectivity index (χ3v) is 8.42. The second-order valence-corrected chi connectivity index (χ2v) is 12.1. The molecule has 2 aromatic heterocycles. The number of aliphatic hydroxyl groups excluding tert-OH is 1. The first kappa shape index (κ1) is 30.9. The van der Waals surface area contributed by atoms with Crippen LogP contribution in [0.1, 0.15) is 69.2 Å². The molecule has 8 nitrogen and oxygen atoms in total. The molecule has 4 aromatic rings. The molecule has 2 aromatic carbocycles. The summed E-state index contributed by atoms with van der Waals surface area (Å²) in [5.74, 6) is -0.273. The first-order valence-electron chi connectivity index (χ1n) is 14.0. The van der Waals surface area contributed by atoms with Crippen molar-refractivity contribution in [3.8, 4) is 0 Å². The normalized spacial score (nSPS) is 13.3. The molecule has 0 fully saturated rings. The molecule has 2 N–H and O–H groups in total. The highest BCUT2D eigenvalue weighted by atomic mass is 32.1. The number of hydrogen-bond acceptors (Lipinski definition) is 7. The van der Waals surface area contributed by atoms with Crippen LogP contribution in [0.5, 0.6) is 0 Å². The van der Waals surface area contributed by atoms with E-state index >= 15 is 0 Å². The highest BCUT2D eigenvalue weighted by Gasteiger charge is 2.37. The van der Waals surface area contributed by atoms with Gasteiger partial charge in [-0.15, -0.1) is 11.3 Å². The third-order valence-electron chi connectivity index (χ3n) is 7.47. The van der Waals surface area contributed by atoms with Gasteiger partial charge in [-0.1, -0.05) is 50.2 Å². The number of pyridine rings is 1. The lowest BCUT2D eigenvalue weighted by Crippen LogP contribution is -2.55. The highest BCUT2D eigenvalue weighted by molar-refractivity contribution is 7.09. The zero-order valence-electron chi connectivity index (χ0n) is 25.0. The van der Waals surface area contributed by atoms with E-state index in [1.54, 1.807) is 42.4 Å². The smallest absolute Gasteiger partial charge is 0.253 e. The van der Waals surface area contributed by atoms with Crippen molar-refractivity contribution >= 4 is 28.8 Å². The summed E-state index contributed by atoms with van der Waals surface area (Å²) in [7, 11) is 3.62. The number of carbonyl (C=O) groups is 2. The number of thiazole rings is 1. The number of aliphatic hydroxyl groups is 1. The Balaban J connectivity index is 1.55. The van der Waals surface area contributed by atoms with E-state index in [9.17, 15) is 14.7 Å². The topological polar surface area (TPSA) is 98.7 Å². The van der Waals surface area contributed by atoms with Gasteiger partial charge in [-0.3, -0.25) is 14.6 Å². The summed E-state index contributed by atoms with van der Waals surface area (Å²) in [4.78, 5) is 39.2. The number of rotatable bonds is 11. The van der Waals surface area contributed by atoms with Crippen molar-refractivity contribution in [3.05, 3.63) is 111 Å². The highest BCUT2D eigenvalue weighted by Crippen LogP contribution is 2.28. The summed E-state index contributed by atoms with van der Waals surface area (Å²) in [5.41, 5.74) is 3.27. The third kappa shape index (κ3) is 7.21. The van der Waals surface area contributed by atoms with E-state index < -0.39 is 11.6 Å². The second-order valence-electron chi connectivity index (χ2n) is 11.2. The van der Waals surface area contributed by atoms with Crippen molar-refractivity contribution in [3.63, 3.8) is 0 Å². The molecule has 2 atom stereocenters. The number of anilines is 1. The molecule has 0 saturated carbocycles. The molecule has 0 spiro atoms. The quantitative estimate of drug-likeness (QED) is 0.245. The predicted octanol–water partition coefficient (Wildman–Crippen LogP) is 5.38. The lowest BCUT2D eigenvalue weighted by molar-refractivity contribution is 0.0593. The number of amides is 2. The number of carbonyl (C=O) groups excluding carboxylic acids is 2. The van der Waals surface area contributed by atoms with Gasteiger partial charge in [0.2, 0.25) is 0 Å². The standard InChI is InChI=1S/C33H39N5O3S/c1-22(2)26-16-28(18-34-17-26)37(5)19-29(39)33(4,27-13-8-7-9-14-27)36-31(40)24-11-10-12-25(15-24)32(41)38(6)20-30-35-23(3)21-42-30/h7-18,21-22,29,39H,19-20H2,1-6H3,(H,36,40)/t29-,33+/m0/s1. The molecule has 0 unspecified atom stereocenters. The first-order chi connectivity index (χ1) is 20.0. The van der Waals surface area contributed by atoms with Crippen LogP contribution in [0, 0.1) is 6.92 Å². The number of nitrogens with one attached hydrogen (secondary N) is 1. The summed E-state index contributed by atoms with van der Waals surface area (Å²) in [6.07, 6.45) is 2.64. The lowest BCUT2D eigenvalue weighted by atomic mass is 9.85. The zero-order chi connectivity index (χ0) is 30.4. The largest absolute Gasteiger partial charge is 0.388 e. The Labute approximate surface area is 252 Å². The van der Waals surface area contributed by atoms with E-state index in [4.69, 9.17) is 0 Å². The fraction of sp³-hybridized carbons (Fsp3) is 0.333. The molecule has 0 radical (unpaired) electrons. The van der Waals surface area contributed by atoms with Crippen LogP contribution in [0.3, 0.4) is 0 Å². The Bertz CT molecular complexity index is 1520. The van der Waals surface area contributed by atoms with Crippen molar-refractivity contribution < 1.29 is 14.7 Å². The average Bonchev–Trinajstić information content (AvgIpc) is 3.41. The van der Waals surface area contributed by atoms with Gasteiger partial charge in [-0.05, 0) is 55.2 Å². The molecule has 2 heterocycles. The summed E-state index contributed by atoms with van der Waals surface area (Å²) in [5, 5.41) is 17.5. The molecule has 0 aliphatic rings. The van der Waals surface area contributed by atoms with Crippen LogP contribution in [0.25, 0.3) is 0 Å². The number of nitrogens with zero attached hydrogens (tertiary/aromatic N) is 4. The molecule has 2 amide bonds. The first-order valence-corrected chi connectivity index (χ1v) is 14.8. The SMILES string of the molecule is Cc1csc(CN(C)C(=O)c2cccc(C(=O)N[C@](C)(c3ccccc3)[C@@H](O)CN(C)c3cncc(C(C)C)c3)c2)n1. The van der Waals surface area contributed by atoms with Crippen LogP contribution < -0.4 is 10.2 Å². The Morgan fingerprint density at radius 3 is 2.40 bits per heavy atom. The number of hydrogen-bond donors (Lipinski definition) is 2. The van der Waals surface area contributed by atoms with Gasteiger partial charge in [0, 0.05) is 49.0 Å². The van der Waals surface area contributed by atoms with Crippen molar-refractivity contribution in [2.45, 2.75) is 51.8 Å². The Hall–Kier alpha value is -4.08. The van der Waals surface area contributed by atoms with Gasteiger partial charge in [-0.2, -0.15) is 0 Å². The van der Waals surface area contributed by atoms with E-state index in [2.05, 4.69) is 35.2 Å². The summed E-state index contributed by atoms with van der Waals surface area (Å²) >= 11 is 1.51. The molecule has 220 valence electrons. The van der Waals surface area contributed by atoms with Gasteiger partial charge in [-0.25, -0.2) is 4.98 Å². The Morgan fingerprint density at radius 2 is 1.74 bits per heavy atom. The maximum atomic E-state index is 13.7. The van der Waals surface area contributed by atoms with Gasteiger partial charge in [0.05, 0.1) is 30.1 Å². The number of likely N-dealkylation sites (N-methyl/N-ethyl adjacent to an activating group) is 1. The van der Waals surface area contributed by atoms with Crippen LogP contribution in [0.4, 0.5) is 5.69 Å². The molecule has 0 bridgehead atoms. The van der Waals surface area contributed by atoms with Crippen LogP contribution in [0.15, 0.2) is 78.4 Å². The van der Waals surface area contributed by atoms with Crippen molar-refractivity contribution in [1.82, 2.24) is 20.2 Å². The van der Waals surface area contributed by atoms with Crippen molar-refractivity contribution in [2.75, 3.05) is 25.5 Å². The second kappa shape index (κ2) is 13.3. The van der Waals surface area contributed by atoms with Crippen LogP contribution >= 0.6 is 11.3 Å². The van der Waals surface area contributed by atoms with E-state index in [-0.39, 0.29) is 18.4 Å². The molecular formula is C33H39N5O3S. The Kier molecular flexibility index (Phi) is 9.75. The maximum Gasteiger partial charge on any atom is 0.253 e. The summed E-state index contributed by atoms with van der Waals surface area (Å²) in [6, 6.07) is 18.2. The van der Waals surface area contributed by atoms with E-state index in [1.807, 2.05) is 67.7 Å². The molecule has 0 saturated heterocycles. The monoisotopic (exact) mass is 585 g/mol. The molecule has 0 aliphatic heterocycles. The fourth-order valence-electron chi connectivity index (χ4n) is 4.72. The van der Waals surface area contributed by atoms with Gasteiger partial charge in [0.15, 0.2) is 0 Å². The van der Waals surface area contributed by atoms with E-state index in [0.717, 1.165) is 27.5 Å². The number of benzene rings is 2. The summed E-state index contributed by atoms with van der Waals surface area (Å²) < 4.78 is 0. The lowest BCUT2D eigenvalue weighted by Gasteiger charge is -2.38. The predicted molar refractivity (Wildman–Crippen MR) is 168 cm³/mol. The fourth-order valence-corrected chi connectivity index (χ4v) is 5.55. The molecule has 4 rings (SSSR count). The van der Waals surface area contributed by atoms with Gasteiger partial charge >= 0.3 is 0 Å². The number of aryl methyl sites for hydroxylation is 1. The van der Waals surface area contributed by atoms with Crippen LogP contribution in [-0.2, 0) is 12.1 Å². The minimum absolute atomic E-state index is 0.206. The Morgan fingerprint density at radius 1 is 1.02 bits per heavy atom. The van der Waals surface area contributed by atoms with E-state index in [0.29, 0.717) is 23.6 Å². The molecule has 42 heavy (non-hydrogen) atoms. The van der Waals surface area contributed by atoms with Gasteiger partial charge < -0.3 is 20.2 Å². The minimum Gasteiger partial charge on any atom is -0.388 e.